The molecule has 1 aromatic carbocycles. The Morgan fingerprint density at radius 1 is 1.11 bits per heavy atom. The van der Waals surface area contributed by atoms with E-state index < -0.39 is 5.82 Å². The van der Waals surface area contributed by atoms with Crippen LogP contribution in [-0.2, 0) is 4.74 Å². The smallest absolute Gasteiger partial charge is 0.259 e. The molecule has 2 atom stereocenters. The number of para-hydroxylation sites is 1. The van der Waals surface area contributed by atoms with E-state index in [1.807, 2.05) is 38.4 Å². The molecule has 0 unspecified atom stereocenters. The van der Waals surface area contributed by atoms with Gasteiger partial charge in [0.05, 0.1) is 18.4 Å². The molecular weight excluding hydrogens is 347 g/mol. The minimum absolute atomic E-state index is 0.0330. The van der Waals surface area contributed by atoms with Crippen LogP contribution >= 0.6 is 0 Å². The number of halogens is 1. The molecule has 7 heteroatoms. The average molecular weight is 368 g/mol. The normalized spacial score (nSPS) is 20.0. The Bertz CT molecular complexity index is 941. The molecule has 3 aromatic rings. The first-order valence-corrected chi connectivity index (χ1v) is 8.95. The summed E-state index contributed by atoms with van der Waals surface area (Å²) in [7, 11) is 0. The molecule has 0 aliphatic carbocycles. The Labute approximate surface area is 156 Å². The fourth-order valence-electron chi connectivity index (χ4n) is 3.53. The highest BCUT2D eigenvalue weighted by atomic mass is 19.1. The van der Waals surface area contributed by atoms with Gasteiger partial charge < -0.3 is 14.2 Å². The second-order valence-electron chi connectivity index (χ2n) is 6.80. The van der Waals surface area contributed by atoms with E-state index in [0.29, 0.717) is 30.2 Å². The molecule has 3 heterocycles. The standard InChI is InChI=1S/C20H21FN4O2/c1-14-12-24(13-15(2)27-14)20(26)16-11-22-25(18-8-4-3-7-17(18)21)19(16)23-9-5-6-10-23/h3-11,14-15H,12-13H2,1-2H3/t14-,15+. The number of carbonyl (C=O) groups is 1. The lowest BCUT2D eigenvalue weighted by atomic mass is 10.2. The quantitative estimate of drug-likeness (QED) is 0.714. The fraction of sp³-hybridized carbons (Fsp3) is 0.300. The minimum atomic E-state index is -0.401. The summed E-state index contributed by atoms with van der Waals surface area (Å²) >= 11 is 0. The van der Waals surface area contributed by atoms with Crippen LogP contribution in [0.2, 0.25) is 0 Å². The SMILES string of the molecule is C[C@@H]1CN(C(=O)c2cnn(-c3ccccc3F)c2-n2cccc2)C[C@H](C)O1. The van der Waals surface area contributed by atoms with Crippen LogP contribution in [0.5, 0.6) is 0 Å². The van der Waals surface area contributed by atoms with Crippen LogP contribution in [0.3, 0.4) is 0 Å². The molecule has 27 heavy (non-hydrogen) atoms. The zero-order valence-electron chi connectivity index (χ0n) is 15.2. The molecule has 1 aliphatic heterocycles. The third kappa shape index (κ3) is 3.26. The molecule has 1 amide bonds. The molecule has 1 saturated heterocycles. The molecule has 1 aliphatic rings. The molecule has 4 rings (SSSR count). The van der Waals surface area contributed by atoms with Gasteiger partial charge in [-0.25, -0.2) is 9.07 Å². The van der Waals surface area contributed by atoms with E-state index in [2.05, 4.69) is 5.10 Å². The summed E-state index contributed by atoms with van der Waals surface area (Å²) < 4.78 is 23.4. The fourth-order valence-corrected chi connectivity index (χ4v) is 3.53. The van der Waals surface area contributed by atoms with Gasteiger partial charge in [-0.3, -0.25) is 4.79 Å². The molecule has 0 radical (unpaired) electrons. The first-order chi connectivity index (χ1) is 13.0. The number of ether oxygens (including phenoxy) is 1. The number of rotatable bonds is 3. The number of benzene rings is 1. The van der Waals surface area contributed by atoms with E-state index in [9.17, 15) is 9.18 Å². The molecule has 2 aromatic heterocycles. The van der Waals surface area contributed by atoms with Crippen LogP contribution in [0.4, 0.5) is 4.39 Å². The van der Waals surface area contributed by atoms with Crippen LogP contribution < -0.4 is 0 Å². The van der Waals surface area contributed by atoms with Crippen molar-refractivity contribution in [3.05, 3.63) is 66.4 Å². The van der Waals surface area contributed by atoms with Gasteiger partial charge in [0.1, 0.15) is 17.1 Å². The highest BCUT2D eigenvalue weighted by Gasteiger charge is 2.30. The maximum Gasteiger partial charge on any atom is 0.259 e. The number of hydrogen-bond donors (Lipinski definition) is 0. The number of morpholine rings is 1. The lowest BCUT2D eigenvalue weighted by molar-refractivity contribution is -0.0586. The highest BCUT2D eigenvalue weighted by Crippen LogP contribution is 2.24. The van der Waals surface area contributed by atoms with E-state index >= 15 is 0 Å². The van der Waals surface area contributed by atoms with Gasteiger partial charge in [0.2, 0.25) is 0 Å². The van der Waals surface area contributed by atoms with Crippen molar-refractivity contribution in [3.8, 4) is 11.5 Å². The topological polar surface area (TPSA) is 52.3 Å². The summed E-state index contributed by atoms with van der Waals surface area (Å²) in [5.41, 5.74) is 0.722. The number of carbonyl (C=O) groups excluding carboxylic acids is 1. The van der Waals surface area contributed by atoms with Crippen molar-refractivity contribution in [1.82, 2.24) is 19.2 Å². The van der Waals surface area contributed by atoms with Crippen molar-refractivity contribution < 1.29 is 13.9 Å². The molecule has 0 N–H and O–H groups in total. The molecule has 0 spiro atoms. The van der Waals surface area contributed by atoms with Gasteiger partial charge in [0.25, 0.3) is 5.91 Å². The van der Waals surface area contributed by atoms with Gasteiger partial charge in [-0.15, -0.1) is 0 Å². The van der Waals surface area contributed by atoms with Gasteiger partial charge >= 0.3 is 0 Å². The molecule has 0 saturated carbocycles. The van der Waals surface area contributed by atoms with Crippen molar-refractivity contribution >= 4 is 5.91 Å². The van der Waals surface area contributed by atoms with E-state index in [4.69, 9.17) is 4.74 Å². The van der Waals surface area contributed by atoms with E-state index in [0.717, 1.165) is 0 Å². The third-order valence-corrected chi connectivity index (χ3v) is 4.61. The third-order valence-electron chi connectivity index (χ3n) is 4.61. The number of nitrogens with zero attached hydrogens (tertiary/aromatic N) is 4. The van der Waals surface area contributed by atoms with Crippen molar-refractivity contribution in [2.24, 2.45) is 0 Å². The van der Waals surface area contributed by atoms with E-state index in [1.165, 1.54) is 16.9 Å². The second kappa shape index (κ2) is 7.00. The summed E-state index contributed by atoms with van der Waals surface area (Å²) in [5.74, 6) is -0.0215. The summed E-state index contributed by atoms with van der Waals surface area (Å²) in [6.07, 6.45) is 5.07. The van der Waals surface area contributed by atoms with Crippen molar-refractivity contribution in [2.45, 2.75) is 26.1 Å². The Morgan fingerprint density at radius 3 is 2.44 bits per heavy atom. The summed E-state index contributed by atoms with van der Waals surface area (Å²) in [6.45, 7) is 4.93. The largest absolute Gasteiger partial charge is 0.372 e. The predicted octanol–water partition coefficient (Wildman–Crippen LogP) is 3.05. The number of hydrogen-bond acceptors (Lipinski definition) is 3. The highest BCUT2D eigenvalue weighted by molar-refractivity contribution is 5.97. The molecule has 140 valence electrons. The zero-order chi connectivity index (χ0) is 19.0. The first kappa shape index (κ1) is 17.5. The van der Waals surface area contributed by atoms with Crippen LogP contribution in [0.25, 0.3) is 11.5 Å². The molecular formula is C20H21FN4O2. The number of amides is 1. The summed E-state index contributed by atoms with van der Waals surface area (Å²) in [5, 5.41) is 4.33. The predicted molar refractivity (Wildman–Crippen MR) is 98.8 cm³/mol. The van der Waals surface area contributed by atoms with Crippen LogP contribution in [0, 0.1) is 5.82 Å². The minimum Gasteiger partial charge on any atom is -0.372 e. The van der Waals surface area contributed by atoms with Gasteiger partial charge in [0.15, 0.2) is 5.82 Å². The Morgan fingerprint density at radius 2 is 1.78 bits per heavy atom. The summed E-state index contributed by atoms with van der Waals surface area (Å²) in [6, 6.07) is 10.1. The second-order valence-corrected chi connectivity index (χ2v) is 6.80. The summed E-state index contributed by atoms with van der Waals surface area (Å²) in [4.78, 5) is 15.0. The maximum atomic E-state index is 14.4. The Balaban J connectivity index is 1.80. The van der Waals surface area contributed by atoms with Gasteiger partial charge in [-0.05, 0) is 38.1 Å². The number of aromatic nitrogens is 3. The molecule has 1 fully saturated rings. The lowest BCUT2D eigenvalue weighted by Crippen LogP contribution is -2.48. The van der Waals surface area contributed by atoms with Crippen molar-refractivity contribution in [2.75, 3.05) is 13.1 Å². The van der Waals surface area contributed by atoms with Crippen molar-refractivity contribution in [1.29, 1.82) is 0 Å². The van der Waals surface area contributed by atoms with Crippen molar-refractivity contribution in [3.63, 3.8) is 0 Å². The van der Waals surface area contributed by atoms with E-state index in [-0.39, 0.29) is 18.1 Å². The van der Waals surface area contributed by atoms with Crippen LogP contribution in [0.1, 0.15) is 24.2 Å². The van der Waals surface area contributed by atoms with Crippen LogP contribution in [0.15, 0.2) is 55.0 Å². The van der Waals surface area contributed by atoms with E-state index in [1.54, 1.807) is 27.7 Å². The molecule has 0 bridgehead atoms. The van der Waals surface area contributed by atoms with Crippen LogP contribution in [-0.4, -0.2) is 50.5 Å². The Hall–Kier alpha value is -2.93. The molecule has 6 nitrogen and oxygen atoms in total. The lowest BCUT2D eigenvalue weighted by Gasteiger charge is -2.35. The first-order valence-electron chi connectivity index (χ1n) is 8.95. The van der Waals surface area contributed by atoms with Gasteiger partial charge in [0, 0.05) is 25.5 Å². The maximum absolute atomic E-state index is 14.4. The van der Waals surface area contributed by atoms with Gasteiger partial charge in [-0.1, -0.05) is 12.1 Å². The zero-order valence-corrected chi connectivity index (χ0v) is 15.2. The Kier molecular flexibility index (Phi) is 4.53. The monoisotopic (exact) mass is 368 g/mol. The average Bonchev–Trinajstić information content (AvgIpc) is 3.30. The van der Waals surface area contributed by atoms with Gasteiger partial charge in [-0.2, -0.15) is 5.10 Å².